The molecule has 0 spiro atoms. The first kappa shape index (κ1) is 14.2. The lowest BCUT2D eigenvalue weighted by Crippen LogP contribution is -2.39. The van der Waals surface area contributed by atoms with Crippen molar-refractivity contribution in [3.63, 3.8) is 0 Å². The van der Waals surface area contributed by atoms with Gasteiger partial charge in [-0.15, -0.1) is 11.8 Å². The highest BCUT2D eigenvalue weighted by molar-refractivity contribution is 7.98. The van der Waals surface area contributed by atoms with Crippen LogP contribution in [0.4, 0.5) is 5.69 Å². The maximum absolute atomic E-state index is 12.4. The Bertz CT molecular complexity index is 615. The van der Waals surface area contributed by atoms with Crippen molar-refractivity contribution in [2.24, 2.45) is 11.8 Å². The Morgan fingerprint density at radius 2 is 1.95 bits per heavy atom. The standard InChI is InChI=1S/C15H15NO4S/c1-21-9-4-2-3-8(7-9)16-14(17)12-10-5-6-11(20-10)13(12)15(18)19/h2-7,10-13H,1H3,(H,16,17)(H,18,19)/t10-,11+,12-,13+/m1/s1. The molecule has 2 aliphatic heterocycles. The highest BCUT2D eigenvalue weighted by Gasteiger charge is 2.53. The van der Waals surface area contributed by atoms with Gasteiger partial charge in [-0.1, -0.05) is 18.2 Å². The molecule has 0 aromatic heterocycles. The summed E-state index contributed by atoms with van der Waals surface area (Å²) >= 11 is 1.58. The van der Waals surface area contributed by atoms with E-state index in [0.29, 0.717) is 5.69 Å². The molecule has 6 heteroatoms. The lowest BCUT2D eigenvalue weighted by atomic mass is 9.82. The number of anilines is 1. The highest BCUT2D eigenvalue weighted by atomic mass is 32.2. The Labute approximate surface area is 126 Å². The van der Waals surface area contributed by atoms with Crippen LogP contribution in [0, 0.1) is 11.8 Å². The molecule has 0 unspecified atom stereocenters. The molecule has 110 valence electrons. The molecule has 1 saturated heterocycles. The van der Waals surface area contributed by atoms with Crippen molar-refractivity contribution >= 4 is 29.3 Å². The fourth-order valence-corrected chi connectivity index (χ4v) is 3.30. The Hall–Kier alpha value is -1.79. The van der Waals surface area contributed by atoms with Crippen molar-refractivity contribution in [2.75, 3.05) is 11.6 Å². The van der Waals surface area contributed by atoms with Crippen molar-refractivity contribution in [1.29, 1.82) is 0 Å². The first-order valence-electron chi connectivity index (χ1n) is 6.61. The Balaban J connectivity index is 1.78. The number of thioether (sulfide) groups is 1. The van der Waals surface area contributed by atoms with Crippen LogP contribution in [0.25, 0.3) is 0 Å². The second-order valence-electron chi connectivity index (χ2n) is 5.06. The third kappa shape index (κ3) is 2.56. The molecule has 1 fully saturated rings. The number of hydrogen-bond donors (Lipinski definition) is 2. The third-order valence-corrected chi connectivity index (χ3v) is 4.55. The first-order chi connectivity index (χ1) is 10.1. The van der Waals surface area contributed by atoms with Crippen LogP contribution in [-0.4, -0.2) is 35.4 Å². The molecule has 2 aliphatic rings. The van der Waals surface area contributed by atoms with Crippen LogP contribution in [0.2, 0.25) is 0 Å². The summed E-state index contributed by atoms with van der Waals surface area (Å²) in [5.41, 5.74) is 0.669. The summed E-state index contributed by atoms with van der Waals surface area (Å²) in [7, 11) is 0. The number of benzene rings is 1. The van der Waals surface area contributed by atoms with Crippen molar-refractivity contribution in [2.45, 2.75) is 17.1 Å². The van der Waals surface area contributed by atoms with Crippen molar-refractivity contribution < 1.29 is 19.4 Å². The predicted octanol–water partition coefficient (Wildman–Crippen LogP) is 2.00. The summed E-state index contributed by atoms with van der Waals surface area (Å²) in [5, 5.41) is 12.1. The van der Waals surface area contributed by atoms with Crippen molar-refractivity contribution in [3.8, 4) is 0 Å². The molecule has 0 saturated carbocycles. The van der Waals surface area contributed by atoms with Crippen molar-refractivity contribution in [1.82, 2.24) is 0 Å². The lowest BCUT2D eigenvalue weighted by molar-refractivity contribution is -0.145. The van der Waals surface area contributed by atoms with E-state index in [1.54, 1.807) is 30.0 Å². The van der Waals surface area contributed by atoms with E-state index in [2.05, 4.69) is 5.32 Å². The maximum atomic E-state index is 12.4. The number of carboxylic acid groups (broad SMARTS) is 1. The molecule has 5 nitrogen and oxygen atoms in total. The number of carbonyl (C=O) groups excluding carboxylic acids is 1. The van der Waals surface area contributed by atoms with Gasteiger partial charge in [-0.05, 0) is 24.5 Å². The predicted molar refractivity (Wildman–Crippen MR) is 79.3 cm³/mol. The average Bonchev–Trinajstić information content (AvgIpc) is 3.07. The minimum Gasteiger partial charge on any atom is -0.481 e. The lowest BCUT2D eigenvalue weighted by Gasteiger charge is -2.21. The average molecular weight is 305 g/mol. The number of fused-ring (bicyclic) bond motifs is 2. The van der Waals surface area contributed by atoms with Gasteiger partial charge in [-0.25, -0.2) is 0 Å². The SMILES string of the molecule is CSc1cccc(NC(=O)[C@H]2[C@@H](C(=O)O)[C@@H]3C=C[C@H]2O3)c1. The van der Waals surface area contributed by atoms with Crippen molar-refractivity contribution in [3.05, 3.63) is 36.4 Å². The normalized spacial score (nSPS) is 29.6. The minimum absolute atomic E-state index is 0.308. The van der Waals surface area contributed by atoms with E-state index in [4.69, 9.17) is 4.74 Å². The van der Waals surface area contributed by atoms with Gasteiger partial charge in [0.05, 0.1) is 18.1 Å². The van der Waals surface area contributed by atoms with E-state index in [1.165, 1.54) is 0 Å². The van der Waals surface area contributed by atoms with Gasteiger partial charge in [0.1, 0.15) is 5.92 Å². The summed E-state index contributed by atoms with van der Waals surface area (Å²) in [4.78, 5) is 24.8. The number of rotatable bonds is 4. The zero-order chi connectivity index (χ0) is 15.0. The van der Waals surface area contributed by atoms with E-state index in [1.807, 2.05) is 24.5 Å². The Kier molecular flexibility index (Phi) is 3.73. The molecule has 1 amide bonds. The van der Waals surface area contributed by atoms with Crippen LogP contribution in [0.3, 0.4) is 0 Å². The molecule has 4 atom stereocenters. The van der Waals surface area contributed by atoms with E-state index in [0.717, 1.165) is 4.90 Å². The zero-order valence-corrected chi connectivity index (χ0v) is 12.2. The second kappa shape index (κ2) is 5.54. The maximum Gasteiger partial charge on any atom is 0.310 e. The molecule has 2 bridgehead atoms. The summed E-state index contributed by atoms with van der Waals surface area (Å²) in [6.07, 6.45) is 4.50. The topological polar surface area (TPSA) is 75.6 Å². The van der Waals surface area contributed by atoms with E-state index >= 15 is 0 Å². The number of amides is 1. The molecule has 3 rings (SSSR count). The number of hydrogen-bond acceptors (Lipinski definition) is 4. The largest absolute Gasteiger partial charge is 0.481 e. The summed E-state index contributed by atoms with van der Waals surface area (Å²) < 4.78 is 5.51. The molecule has 0 radical (unpaired) electrons. The van der Waals surface area contributed by atoms with Gasteiger partial charge in [0.25, 0.3) is 0 Å². The van der Waals surface area contributed by atoms with Crippen LogP contribution < -0.4 is 5.32 Å². The number of carbonyl (C=O) groups is 2. The first-order valence-corrected chi connectivity index (χ1v) is 7.84. The van der Waals surface area contributed by atoms with Crippen LogP contribution in [0.5, 0.6) is 0 Å². The second-order valence-corrected chi connectivity index (χ2v) is 5.94. The van der Waals surface area contributed by atoms with E-state index in [9.17, 15) is 14.7 Å². The minimum atomic E-state index is -0.995. The van der Waals surface area contributed by atoms with Crippen LogP contribution >= 0.6 is 11.8 Å². The highest BCUT2D eigenvalue weighted by Crippen LogP contribution is 2.39. The molecule has 1 aromatic carbocycles. The van der Waals surface area contributed by atoms with E-state index in [-0.39, 0.29) is 5.91 Å². The molecule has 21 heavy (non-hydrogen) atoms. The zero-order valence-electron chi connectivity index (χ0n) is 11.4. The van der Waals surface area contributed by atoms with Crippen LogP contribution in [-0.2, 0) is 14.3 Å². The number of nitrogens with one attached hydrogen (secondary N) is 1. The third-order valence-electron chi connectivity index (χ3n) is 3.82. The summed E-state index contributed by atoms with van der Waals surface area (Å²) in [5.74, 6) is -2.80. The van der Waals surface area contributed by atoms with Gasteiger partial charge in [-0.3, -0.25) is 9.59 Å². The fraction of sp³-hybridized carbons (Fsp3) is 0.333. The Morgan fingerprint density at radius 1 is 1.24 bits per heavy atom. The fourth-order valence-electron chi connectivity index (χ4n) is 2.84. The molecule has 2 heterocycles. The van der Waals surface area contributed by atoms with Crippen LogP contribution in [0.1, 0.15) is 0 Å². The molecule has 2 N–H and O–H groups in total. The summed E-state index contributed by atoms with van der Waals surface area (Å²) in [6, 6.07) is 7.45. The number of carboxylic acids is 1. The molecule has 1 aromatic rings. The summed E-state index contributed by atoms with van der Waals surface area (Å²) in [6.45, 7) is 0. The monoisotopic (exact) mass is 305 g/mol. The smallest absolute Gasteiger partial charge is 0.310 e. The molecule has 0 aliphatic carbocycles. The van der Waals surface area contributed by atoms with Gasteiger partial charge in [-0.2, -0.15) is 0 Å². The molecular weight excluding hydrogens is 290 g/mol. The van der Waals surface area contributed by atoms with Gasteiger partial charge < -0.3 is 15.2 Å². The van der Waals surface area contributed by atoms with Gasteiger partial charge in [0.2, 0.25) is 5.91 Å². The number of aliphatic carboxylic acids is 1. The van der Waals surface area contributed by atoms with Gasteiger partial charge >= 0.3 is 5.97 Å². The van der Waals surface area contributed by atoms with Gasteiger partial charge in [0, 0.05) is 10.6 Å². The van der Waals surface area contributed by atoms with Crippen LogP contribution in [0.15, 0.2) is 41.3 Å². The quantitative estimate of drug-likeness (QED) is 0.657. The van der Waals surface area contributed by atoms with Gasteiger partial charge in [0.15, 0.2) is 0 Å². The molecular formula is C15H15NO4S. The Morgan fingerprint density at radius 3 is 2.62 bits per heavy atom. The number of ether oxygens (including phenoxy) is 1. The van der Waals surface area contributed by atoms with E-state index < -0.39 is 30.0 Å².